The van der Waals surface area contributed by atoms with Crippen molar-refractivity contribution in [3.63, 3.8) is 0 Å². The molecule has 0 spiro atoms. The molecule has 0 saturated carbocycles. The number of carbonyl (C=O) groups excluding carboxylic acids is 1. The second-order valence-electron chi connectivity index (χ2n) is 4.43. The first-order chi connectivity index (χ1) is 10.5. The van der Waals surface area contributed by atoms with Crippen LogP contribution < -0.4 is 9.47 Å². The molecule has 2 aromatic carbocycles. The summed E-state index contributed by atoms with van der Waals surface area (Å²) in [6.07, 6.45) is 2.75. The second-order valence-corrected chi connectivity index (χ2v) is 5.35. The van der Waals surface area contributed by atoms with E-state index in [0.717, 1.165) is 0 Å². The van der Waals surface area contributed by atoms with Crippen LogP contribution >= 0.6 is 15.9 Å². The van der Waals surface area contributed by atoms with Crippen LogP contribution in [0, 0.1) is 5.82 Å². The summed E-state index contributed by atoms with van der Waals surface area (Å²) in [5.41, 5.74) is 0.723. The van der Waals surface area contributed by atoms with E-state index >= 15 is 0 Å². The standard InChI is InChI=1S/C17H14BrFO3/c1-21-13-6-7-14(17(10-13)22-2)16(20)8-4-11-3-5-12(18)9-15(11)19/h3-10H,1-2H3. The maximum Gasteiger partial charge on any atom is 0.189 e. The van der Waals surface area contributed by atoms with Crippen LogP contribution in [-0.2, 0) is 0 Å². The molecule has 0 radical (unpaired) electrons. The monoisotopic (exact) mass is 364 g/mol. The van der Waals surface area contributed by atoms with Gasteiger partial charge in [-0.15, -0.1) is 0 Å². The molecule has 0 aliphatic carbocycles. The Balaban J connectivity index is 2.27. The molecule has 0 aliphatic rings. The van der Waals surface area contributed by atoms with E-state index in [1.807, 2.05) is 0 Å². The quantitative estimate of drug-likeness (QED) is 0.578. The molecule has 2 aromatic rings. The van der Waals surface area contributed by atoms with Gasteiger partial charge in [0.15, 0.2) is 5.78 Å². The maximum absolute atomic E-state index is 13.7. The predicted molar refractivity (Wildman–Crippen MR) is 87.0 cm³/mol. The van der Waals surface area contributed by atoms with Gasteiger partial charge in [0.2, 0.25) is 0 Å². The van der Waals surface area contributed by atoms with Gasteiger partial charge in [-0.2, -0.15) is 0 Å². The van der Waals surface area contributed by atoms with Gasteiger partial charge in [0.1, 0.15) is 17.3 Å². The lowest BCUT2D eigenvalue weighted by Gasteiger charge is -2.08. The Labute approximate surface area is 136 Å². The lowest BCUT2D eigenvalue weighted by atomic mass is 10.1. The Hall–Kier alpha value is -2.14. The van der Waals surface area contributed by atoms with Crippen LogP contribution in [0.1, 0.15) is 15.9 Å². The molecule has 114 valence electrons. The summed E-state index contributed by atoms with van der Waals surface area (Å²) in [6, 6.07) is 9.56. The number of methoxy groups -OCH3 is 2. The number of rotatable bonds is 5. The molecular weight excluding hydrogens is 351 g/mol. The Morgan fingerprint density at radius 2 is 1.91 bits per heavy atom. The molecule has 0 saturated heterocycles. The maximum atomic E-state index is 13.7. The number of hydrogen-bond acceptors (Lipinski definition) is 3. The highest BCUT2D eigenvalue weighted by atomic mass is 79.9. The van der Waals surface area contributed by atoms with Crippen molar-refractivity contribution >= 4 is 27.8 Å². The fourth-order valence-electron chi connectivity index (χ4n) is 1.89. The van der Waals surface area contributed by atoms with Gasteiger partial charge < -0.3 is 9.47 Å². The first kappa shape index (κ1) is 16.2. The summed E-state index contributed by atoms with van der Waals surface area (Å²) in [7, 11) is 3.01. The third-order valence-corrected chi connectivity index (χ3v) is 3.54. The van der Waals surface area contributed by atoms with Crippen molar-refractivity contribution in [3.8, 4) is 11.5 Å². The van der Waals surface area contributed by atoms with Gasteiger partial charge in [0.05, 0.1) is 19.8 Å². The molecule has 0 heterocycles. The first-order valence-electron chi connectivity index (χ1n) is 6.44. The van der Waals surface area contributed by atoms with Gasteiger partial charge in [-0.3, -0.25) is 4.79 Å². The SMILES string of the molecule is COc1ccc(C(=O)C=Cc2ccc(Br)cc2F)c(OC)c1. The van der Waals surface area contributed by atoms with Crippen molar-refractivity contribution < 1.29 is 18.7 Å². The average molecular weight is 365 g/mol. The molecular formula is C17H14BrFO3. The highest BCUT2D eigenvalue weighted by Gasteiger charge is 2.11. The van der Waals surface area contributed by atoms with Crippen molar-refractivity contribution in [2.24, 2.45) is 0 Å². The number of benzene rings is 2. The largest absolute Gasteiger partial charge is 0.497 e. The highest BCUT2D eigenvalue weighted by Crippen LogP contribution is 2.25. The number of carbonyl (C=O) groups is 1. The zero-order valence-electron chi connectivity index (χ0n) is 12.1. The van der Waals surface area contributed by atoms with Gasteiger partial charge in [0, 0.05) is 16.1 Å². The molecule has 5 heteroatoms. The van der Waals surface area contributed by atoms with E-state index in [4.69, 9.17) is 9.47 Å². The minimum absolute atomic E-state index is 0.276. The lowest BCUT2D eigenvalue weighted by Crippen LogP contribution is -1.99. The van der Waals surface area contributed by atoms with Gasteiger partial charge in [-0.1, -0.05) is 22.0 Å². The van der Waals surface area contributed by atoms with E-state index in [1.54, 1.807) is 30.3 Å². The van der Waals surface area contributed by atoms with E-state index < -0.39 is 5.82 Å². The molecule has 3 nitrogen and oxygen atoms in total. The topological polar surface area (TPSA) is 35.5 Å². The summed E-state index contributed by atoms with van der Waals surface area (Å²) >= 11 is 3.19. The number of ether oxygens (including phenoxy) is 2. The third kappa shape index (κ3) is 3.74. The van der Waals surface area contributed by atoms with Crippen LogP contribution in [0.3, 0.4) is 0 Å². The normalized spacial score (nSPS) is 10.7. The fourth-order valence-corrected chi connectivity index (χ4v) is 2.23. The lowest BCUT2D eigenvalue weighted by molar-refractivity contribution is 0.104. The minimum atomic E-state index is -0.403. The Morgan fingerprint density at radius 3 is 2.55 bits per heavy atom. The minimum Gasteiger partial charge on any atom is -0.497 e. The van der Waals surface area contributed by atoms with Gasteiger partial charge in [-0.25, -0.2) is 4.39 Å². The van der Waals surface area contributed by atoms with E-state index in [0.29, 0.717) is 27.1 Å². The van der Waals surface area contributed by atoms with E-state index in [9.17, 15) is 9.18 Å². The summed E-state index contributed by atoms with van der Waals surface area (Å²) in [5, 5.41) is 0. The first-order valence-corrected chi connectivity index (χ1v) is 7.24. The van der Waals surface area contributed by atoms with Gasteiger partial charge in [-0.05, 0) is 36.4 Å². The molecule has 0 aromatic heterocycles. The van der Waals surface area contributed by atoms with Crippen LogP contribution in [0.25, 0.3) is 6.08 Å². The van der Waals surface area contributed by atoms with Crippen molar-refractivity contribution in [2.45, 2.75) is 0 Å². The van der Waals surface area contributed by atoms with Crippen LogP contribution in [0.2, 0.25) is 0 Å². The molecule has 0 unspecified atom stereocenters. The van der Waals surface area contributed by atoms with Crippen LogP contribution in [-0.4, -0.2) is 20.0 Å². The Bertz CT molecular complexity index is 726. The predicted octanol–water partition coefficient (Wildman–Crippen LogP) is 4.50. The number of halogens is 2. The fraction of sp³-hybridized carbons (Fsp3) is 0.118. The second kappa shape index (κ2) is 7.22. The van der Waals surface area contributed by atoms with Crippen LogP contribution in [0.5, 0.6) is 11.5 Å². The Morgan fingerprint density at radius 1 is 1.14 bits per heavy atom. The van der Waals surface area contributed by atoms with E-state index in [1.165, 1.54) is 32.4 Å². The molecule has 22 heavy (non-hydrogen) atoms. The van der Waals surface area contributed by atoms with Crippen LogP contribution in [0.4, 0.5) is 4.39 Å². The van der Waals surface area contributed by atoms with Crippen molar-refractivity contribution in [2.75, 3.05) is 14.2 Å². The van der Waals surface area contributed by atoms with Crippen molar-refractivity contribution in [1.82, 2.24) is 0 Å². The zero-order valence-corrected chi connectivity index (χ0v) is 13.7. The van der Waals surface area contributed by atoms with Crippen molar-refractivity contribution in [1.29, 1.82) is 0 Å². The molecule has 0 atom stereocenters. The number of allylic oxidation sites excluding steroid dienone is 1. The molecule has 2 rings (SSSR count). The van der Waals surface area contributed by atoms with Crippen molar-refractivity contribution in [3.05, 3.63) is 63.9 Å². The zero-order chi connectivity index (χ0) is 16.1. The molecule has 0 aliphatic heterocycles. The van der Waals surface area contributed by atoms with Gasteiger partial charge in [0.25, 0.3) is 0 Å². The highest BCUT2D eigenvalue weighted by molar-refractivity contribution is 9.10. The summed E-state index contributed by atoms with van der Waals surface area (Å²) in [6.45, 7) is 0. The summed E-state index contributed by atoms with van der Waals surface area (Å²) in [5.74, 6) is 0.323. The number of ketones is 1. The summed E-state index contributed by atoms with van der Waals surface area (Å²) < 4.78 is 24.6. The van der Waals surface area contributed by atoms with Crippen LogP contribution in [0.15, 0.2) is 46.9 Å². The molecule has 0 amide bonds. The smallest absolute Gasteiger partial charge is 0.189 e. The van der Waals surface area contributed by atoms with Gasteiger partial charge >= 0.3 is 0 Å². The molecule has 0 bridgehead atoms. The average Bonchev–Trinajstić information content (AvgIpc) is 2.53. The van der Waals surface area contributed by atoms with E-state index in [2.05, 4.69) is 15.9 Å². The number of hydrogen-bond donors (Lipinski definition) is 0. The van der Waals surface area contributed by atoms with E-state index in [-0.39, 0.29) is 5.78 Å². The molecule has 0 N–H and O–H groups in total. The summed E-state index contributed by atoms with van der Waals surface area (Å²) in [4.78, 5) is 12.2. The third-order valence-electron chi connectivity index (χ3n) is 3.05. The molecule has 0 fully saturated rings. The Kier molecular flexibility index (Phi) is 5.33.